The zero-order valence-corrected chi connectivity index (χ0v) is 13.3. The highest BCUT2D eigenvalue weighted by Crippen LogP contribution is 2.28. The molecule has 0 aliphatic carbocycles. The Morgan fingerprint density at radius 3 is 2.80 bits per heavy atom. The summed E-state index contributed by atoms with van der Waals surface area (Å²) in [6.45, 7) is 7.49. The molecule has 0 aromatic heterocycles. The normalized spacial score (nSPS) is 26.8. The van der Waals surface area contributed by atoms with Gasteiger partial charge in [0.1, 0.15) is 6.10 Å². The molecule has 20 heavy (non-hydrogen) atoms. The number of fused-ring (bicyclic) bond motifs is 2. The van der Waals surface area contributed by atoms with E-state index in [-0.39, 0.29) is 24.4 Å². The molecule has 2 rings (SSSR count). The third-order valence-electron chi connectivity index (χ3n) is 4.06. The Kier molecular flexibility index (Phi) is 7.80. The molecule has 2 heterocycles. The minimum Gasteiger partial charge on any atom is -0.379 e. The maximum Gasteiger partial charge on any atom is 0.251 e. The summed E-state index contributed by atoms with van der Waals surface area (Å²) in [6.07, 6.45) is 2.97. The summed E-state index contributed by atoms with van der Waals surface area (Å²) in [6, 6.07) is 0.767. The van der Waals surface area contributed by atoms with Crippen LogP contribution in [0, 0.1) is 0 Å². The lowest BCUT2D eigenvalue weighted by atomic mass is 10.1. The minimum atomic E-state index is -0.360. The van der Waals surface area contributed by atoms with Crippen LogP contribution in [0.3, 0.4) is 0 Å². The van der Waals surface area contributed by atoms with Crippen LogP contribution in [-0.2, 0) is 14.3 Å². The molecule has 6 heteroatoms. The molecule has 3 unspecified atom stereocenters. The van der Waals surface area contributed by atoms with Crippen LogP contribution in [0.15, 0.2) is 0 Å². The van der Waals surface area contributed by atoms with E-state index < -0.39 is 0 Å². The van der Waals surface area contributed by atoms with Crippen LogP contribution >= 0.6 is 12.4 Å². The highest BCUT2D eigenvalue weighted by Gasteiger charge is 2.39. The lowest BCUT2D eigenvalue weighted by Crippen LogP contribution is -2.47. The number of carbonyl (C=O) groups is 1. The Bertz CT molecular complexity index is 290. The van der Waals surface area contributed by atoms with Gasteiger partial charge in [-0.05, 0) is 39.7 Å². The number of ether oxygens (including phenoxy) is 2. The molecular weight excluding hydrogens is 280 g/mol. The number of carbonyl (C=O) groups excluding carboxylic acids is 1. The number of nitrogens with one attached hydrogen (secondary N) is 1. The average molecular weight is 307 g/mol. The fraction of sp³-hybridized carbons (Fsp3) is 0.929. The molecule has 3 atom stereocenters. The maximum absolute atomic E-state index is 12.5. The van der Waals surface area contributed by atoms with Crippen LogP contribution in [0.4, 0.5) is 0 Å². The minimum absolute atomic E-state index is 0. The zero-order valence-electron chi connectivity index (χ0n) is 12.5. The van der Waals surface area contributed by atoms with E-state index in [9.17, 15) is 4.79 Å². The van der Waals surface area contributed by atoms with Gasteiger partial charge in [-0.2, -0.15) is 0 Å². The summed E-state index contributed by atoms with van der Waals surface area (Å²) in [4.78, 5) is 14.6. The van der Waals surface area contributed by atoms with Crippen molar-refractivity contribution in [3.05, 3.63) is 0 Å². The summed E-state index contributed by atoms with van der Waals surface area (Å²) < 4.78 is 10.8. The summed E-state index contributed by atoms with van der Waals surface area (Å²) in [5, 5.41) is 3.41. The van der Waals surface area contributed by atoms with E-state index in [1.165, 1.54) is 0 Å². The molecule has 2 aliphatic rings. The number of rotatable bonds is 6. The fourth-order valence-corrected chi connectivity index (χ4v) is 3.05. The van der Waals surface area contributed by atoms with Gasteiger partial charge >= 0.3 is 0 Å². The predicted octanol–water partition coefficient (Wildman–Crippen LogP) is 1.20. The molecule has 118 valence electrons. The first-order valence-electron chi connectivity index (χ1n) is 7.46. The molecular formula is C14H27ClN2O3. The summed E-state index contributed by atoms with van der Waals surface area (Å²) in [7, 11) is 0. The first kappa shape index (κ1) is 17.7. The Hall–Kier alpha value is -0.360. The van der Waals surface area contributed by atoms with E-state index >= 15 is 0 Å². The van der Waals surface area contributed by atoms with Gasteiger partial charge in [-0.15, -0.1) is 12.4 Å². The van der Waals surface area contributed by atoms with Crippen molar-refractivity contribution >= 4 is 18.3 Å². The van der Waals surface area contributed by atoms with Crippen molar-refractivity contribution in [2.24, 2.45) is 0 Å². The second-order valence-electron chi connectivity index (χ2n) is 5.33. The number of hydrogen-bond acceptors (Lipinski definition) is 4. The second kappa shape index (κ2) is 8.82. The third kappa shape index (κ3) is 4.32. The standard InChI is InChI=1S/C14H26N2O3.ClH/c1-3-18-8-9-19-11(2)14(17)16-12-4-5-13(16)10-15-7-6-12;/h11-13,15H,3-10H2,1-2H3;1H. The molecule has 0 aromatic rings. The SMILES string of the molecule is CCOCCOC(C)C(=O)N1C2CCNCC1CC2.Cl. The number of hydrogen-bond donors (Lipinski definition) is 1. The molecule has 0 saturated carbocycles. The first-order chi connectivity index (χ1) is 9.24. The lowest BCUT2D eigenvalue weighted by Gasteiger charge is -2.30. The van der Waals surface area contributed by atoms with Crippen molar-refractivity contribution in [2.75, 3.05) is 32.9 Å². The van der Waals surface area contributed by atoms with Crippen molar-refractivity contribution in [3.8, 4) is 0 Å². The molecule has 2 fully saturated rings. The molecule has 5 nitrogen and oxygen atoms in total. The third-order valence-corrected chi connectivity index (χ3v) is 4.06. The van der Waals surface area contributed by atoms with E-state index in [0.717, 1.165) is 32.4 Å². The van der Waals surface area contributed by atoms with Crippen LogP contribution in [0.2, 0.25) is 0 Å². The molecule has 1 amide bonds. The van der Waals surface area contributed by atoms with Crippen LogP contribution in [0.5, 0.6) is 0 Å². The van der Waals surface area contributed by atoms with Crippen molar-refractivity contribution in [1.82, 2.24) is 10.2 Å². The van der Waals surface area contributed by atoms with Crippen LogP contribution in [0.25, 0.3) is 0 Å². The smallest absolute Gasteiger partial charge is 0.251 e. The van der Waals surface area contributed by atoms with Crippen molar-refractivity contribution in [2.45, 2.75) is 51.3 Å². The largest absolute Gasteiger partial charge is 0.379 e. The van der Waals surface area contributed by atoms with Crippen molar-refractivity contribution in [1.29, 1.82) is 0 Å². The van der Waals surface area contributed by atoms with Gasteiger partial charge in [0.2, 0.25) is 0 Å². The lowest BCUT2D eigenvalue weighted by molar-refractivity contribution is -0.146. The summed E-state index contributed by atoms with van der Waals surface area (Å²) in [5.74, 6) is 0.146. The Morgan fingerprint density at radius 2 is 2.05 bits per heavy atom. The van der Waals surface area contributed by atoms with Gasteiger partial charge in [0.05, 0.1) is 13.2 Å². The quantitative estimate of drug-likeness (QED) is 0.749. The van der Waals surface area contributed by atoms with Gasteiger partial charge < -0.3 is 19.7 Å². The van der Waals surface area contributed by atoms with Gasteiger partial charge in [0.15, 0.2) is 0 Å². The Labute approximate surface area is 127 Å². The number of amides is 1. The summed E-state index contributed by atoms with van der Waals surface area (Å²) in [5.41, 5.74) is 0. The van der Waals surface area contributed by atoms with E-state index in [1.807, 2.05) is 13.8 Å². The Balaban J connectivity index is 0.00000200. The van der Waals surface area contributed by atoms with Gasteiger partial charge in [-0.3, -0.25) is 4.79 Å². The van der Waals surface area contributed by atoms with Crippen LogP contribution < -0.4 is 5.32 Å². The highest BCUT2D eigenvalue weighted by molar-refractivity contribution is 5.85. The van der Waals surface area contributed by atoms with Gasteiger partial charge in [-0.25, -0.2) is 0 Å². The molecule has 2 aliphatic heterocycles. The molecule has 1 N–H and O–H groups in total. The maximum atomic E-state index is 12.5. The van der Waals surface area contributed by atoms with E-state index in [4.69, 9.17) is 9.47 Å². The molecule has 0 spiro atoms. The fourth-order valence-electron chi connectivity index (χ4n) is 3.05. The van der Waals surface area contributed by atoms with Crippen molar-refractivity contribution < 1.29 is 14.3 Å². The van der Waals surface area contributed by atoms with Gasteiger partial charge in [0.25, 0.3) is 5.91 Å². The van der Waals surface area contributed by atoms with Crippen LogP contribution in [-0.4, -0.2) is 61.9 Å². The van der Waals surface area contributed by atoms with Gasteiger partial charge in [0, 0.05) is 25.2 Å². The van der Waals surface area contributed by atoms with Gasteiger partial charge in [-0.1, -0.05) is 0 Å². The predicted molar refractivity (Wildman–Crippen MR) is 80.3 cm³/mol. The monoisotopic (exact) mass is 306 g/mol. The number of halogens is 1. The molecule has 2 bridgehead atoms. The molecule has 2 saturated heterocycles. The Morgan fingerprint density at radius 1 is 1.30 bits per heavy atom. The molecule has 0 radical (unpaired) electrons. The summed E-state index contributed by atoms with van der Waals surface area (Å²) >= 11 is 0. The van der Waals surface area contributed by atoms with E-state index in [0.29, 0.717) is 31.9 Å². The van der Waals surface area contributed by atoms with Crippen LogP contribution in [0.1, 0.15) is 33.1 Å². The molecule has 0 aromatic carbocycles. The topological polar surface area (TPSA) is 50.8 Å². The van der Waals surface area contributed by atoms with E-state index in [2.05, 4.69) is 10.2 Å². The zero-order chi connectivity index (χ0) is 13.7. The first-order valence-corrected chi connectivity index (χ1v) is 7.46. The van der Waals surface area contributed by atoms with E-state index in [1.54, 1.807) is 0 Å². The number of nitrogens with zero attached hydrogens (tertiary/aromatic N) is 1. The average Bonchev–Trinajstić information content (AvgIpc) is 2.67. The highest BCUT2D eigenvalue weighted by atomic mass is 35.5. The van der Waals surface area contributed by atoms with Crippen molar-refractivity contribution in [3.63, 3.8) is 0 Å². The second-order valence-corrected chi connectivity index (χ2v) is 5.33.